The van der Waals surface area contributed by atoms with E-state index in [2.05, 4.69) is 34.4 Å². The van der Waals surface area contributed by atoms with E-state index in [-0.39, 0.29) is 6.04 Å². The molecule has 0 unspecified atom stereocenters. The van der Waals surface area contributed by atoms with Crippen molar-refractivity contribution in [3.63, 3.8) is 0 Å². The predicted molar refractivity (Wildman–Crippen MR) is 134 cm³/mol. The molecule has 2 fully saturated rings. The predicted octanol–water partition coefficient (Wildman–Crippen LogP) is 4.97. The van der Waals surface area contributed by atoms with Gasteiger partial charge in [0.1, 0.15) is 6.07 Å². The van der Waals surface area contributed by atoms with Gasteiger partial charge in [-0.3, -0.25) is 5.21 Å². The van der Waals surface area contributed by atoms with E-state index in [0.29, 0.717) is 35.1 Å². The van der Waals surface area contributed by atoms with Gasteiger partial charge in [-0.25, -0.2) is 5.43 Å². The Morgan fingerprint density at radius 3 is 2.56 bits per heavy atom. The highest BCUT2D eigenvalue weighted by Crippen LogP contribution is 2.35. The van der Waals surface area contributed by atoms with Crippen LogP contribution < -0.4 is 10.7 Å². The summed E-state index contributed by atoms with van der Waals surface area (Å²) in [4.78, 5) is 0. The Kier molecular flexibility index (Phi) is 8.76. The molecular weight excluding hydrogens is 424 g/mol. The highest BCUT2D eigenvalue weighted by molar-refractivity contribution is 5.89. The second kappa shape index (κ2) is 11.7. The van der Waals surface area contributed by atoms with E-state index >= 15 is 0 Å². The molecule has 0 aliphatic heterocycles. The monoisotopic (exact) mass is 460 g/mol. The van der Waals surface area contributed by atoms with Gasteiger partial charge in [-0.15, -0.1) is 0 Å². The fraction of sp³-hybridized carbons (Fsp3) is 0.481. The molecular formula is C27H36N6O. The zero-order valence-corrected chi connectivity index (χ0v) is 20.7. The normalized spacial score (nSPS) is 16.5. The summed E-state index contributed by atoms with van der Waals surface area (Å²) in [7, 11) is 1.79. The number of hydrogen-bond acceptors (Lipinski definition) is 6. The molecule has 2 aliphatic rings. The second-order valence-corrected chi connectivity index (χ2v) is 8.86. The summed E-state index contributed by atoms with van der Waals surface area (Å²) < 4.78 is 2.21. The minimum absolute atomic E-state index is 0.203. The Labute approximate surface area is 202 Å². The Hall–Kier alpha value is -3.26. The topological polar surface area (TPSA) is 100 Å². The van der Waals surface area contributed by atoms with Crippen LogP contribution in [0.15, 0.2) is 42.2 Å². The maximum atomic E-state index is 10.5. The van der Waals surface area contributed by atoms with Crippen LogP contribution in [0.1, 0.15) is 63.3 Å². The standard InChI is InChI=1S/C25H30N6O.C2H6/c1-17(20-9-10-20)29-31(32)21(15-28-2)4-3-5-24-23(14-27)22-11-8-19(13-26)12-25(22)30(24)16-18-6-7-18;1-2/h3-4,8,11-12,15,17-18,20,28-29,32H,5-7,9-10,16H2,1-2H3;1-2H3/b4-3-,21-15+;/t17-;/m0./s1. The lowest BCUT2D eigenvalue weighted by Gasteiger charge is -2.23. The van der Waals surface area contributed by atoms with E-state index in [1.54, 1.807) is 19.3 Å². The number of aromatic nitrogens is 1. The van der Waals surface area contributed by atoms with Crippen LogP contribution in [-0.4, -0.2) is 28.0 Å². The van der Waals surface area contributed by atoms with Crippen LogP contribution in [-0.2, 0) is 13.0 Å². The van der Waals surface area contributed by atoms with E-state index in [1.165, 1.54) is 25.7 Å². The summed E-state index contributed by atoms with van der Waals surface area (Å²) in [5.41, 5.74) is 6.88. The van der Waals surface area contributed by atoms with Crippen molar-refractivity contribution in [2.45, 2.75) is 65.5 Å². The molecule has 2 aromatic rings. The summed E-state index contributed by atoms with van der Waals surface area (Å²) in [6.07, 6.45) is 10.9. The van der Waals surface area contributed by atoms with Gasteiger partial charge in [0.05, 0.1) is 28.4 Å². The third-order valence-corrected chi connectivity index (χ3v) is 6.34. The molecule has 4 rings (SSSR count). The molecule has 2 aliphatic carbocycles. The first-order valence-corrected chi connectivity index (χ1v) is 12.3. The first-order valence-electron chi connectivity index (χ1n) is 12.3. The second-order valence-electron chi connectivity index (χ2n) is 8.86. The van der Waals surface area contributed by atoms with Gasteiger partial charge in [0, 0.05) is 43.3 Å². The van der Waals surface area contributed by atoms with Crippen LogP contribution in [0.3, 0.4) is 0 Å². The summed E-state index contributed by atoms with van der Waals surface area (Å²) in [5, 5.41) is 34.7. The van der Waals surface area contributed by atoms with Crippen molar-refractivity contribution < 1.29 is 5.21 Å². The molecule has 0 spiro atoms. The van der Waals surface area contributed by atoms with Crippen LogP contribution in [0.25, 0.3) is 10.9 Å². The Morgan fingerprint density at radius 1 is 1.24 bits per heavy atom. The summed E-state index contributed by atoms with van der Waals surface area (Å²) in [5.74, 6) is 1.24. The quantitative estimate of drug-likeness (QED) is 0.342. The minimum Gasteiger partial charge on any atom is -0.392 e. The summed E-state index contributed by atoms with van der Waals surface area (Å²) in [6.45, 7) is 6.94. The maximum Gasteiger partial charge on any atom is 0.102 e. The summed E-state index contributed by atoms with van der Waals surface area (Å²) >= 11 is 0. The molecule has 1 aromatic heterocycles. The van der Waals surface area contributed by atoms with E-state index in [0.717, 1.165) is 28.3 Å². The molecule has 0 radical (unpaired) electrons. The molecule has 0 amide bonds. The molecule has 7 nitrogen and oxygen atoms in total. The van der Waals surface area contributed by atoms with Crippen LogP contribution >= 0.6 is 0 Å². The minimum atomic E-state index is 0.203. The lowest BCUT2D eigenvalue weighted by molar-refractivity contribution is -0.110. The average molecular weight is 461 g/mol. The van der Waals surface area contributed by atoms with E-state index in [4.69, 9.17) is 0 Å². The first kappa shape index (κ1) is 25.4. The molecule has 0 bridgehead atoms. The fourth-order valence-corrected chi connectivity index (χ4v) is 4.16. The van der Waals surface area contributed by atoms with Crippen molar-refractivity contribution in [1.82, 2.24) is 20.5 Å². The largest absolute Gasteiger partial charge is 0.392 e. The number of rotatable bonds is 10. The third kappa shape index (κ3) is 5.99. The van der Waals surface area contributed by atoms with Gasteiger partial charge in [0.2, 0.25) is 0 Å². The highest BCUT2D eigenvalue weighted by atomic mass is 16.5. The molecule has 1 aromatic carbocycles. The van der Waals surface area contributed by atoms with Gasteiger partial charge in [0.25, 0.3) is 0 Å². The van der Waals surface area contributed by atoms with Crippen LogP contribution in [0.5, 0.6) is 0 Å². The fourth-order valence-electron chi connectivity index (χ4n) is 4.16. The van der Waals surface area contributed by atoms with Gasteiger partial charge in [0.15, 0.2) is 0 Å². The van der Waals surface area contributed by atoms with Gasteiger partial charge in [-0.2, -0.15) is 15.7 Å². The molecule has 7 heteroatoms. The number of allylic oxidation sites excluding steroid dienone is 2. The van der Waals surface area contributed by atoms with E-state index in [9.17, 15) is 15.7 Å². The molecule has 34 heavy (non-hydrogen) atoms. The Balaban J connectivity index is 0.00000158. The van der Waals surface area contributed by atoms with Gasteiger partial charge < -0.3 is 9.88 Å². The number of benzene rings is 1. The molecule has 1 atom stereocenters. The summed E-state index contributed by atoms with van der Waals surface area (Å²) in [6, 6.07) is 10.3. The van der Waals surface area contributed by atoms with Crippen LogP contribution in [0.4, 0.5) is 0 Å². The third-order valence-electron chi connectivity index (χ3n) is 6.34. The number of hydrazine groups is 1. The zero-order chi connectivity index (χ0) is 24.7. The van der Waals surface area contributed by atoms with Crippen LogP contribution in [0.2, 0.25) is 0 Å². The molecule has 3 N–H and O–H groups in total. The maximum absolute atomic E-state index is 10.5. The average Bonchev–Trinajstić information content (AvgIpc) is 3.77. The lowest BCUT2D eigenvalue weighted by Crippen LogP contribution is -2.41. The van der Waals surface area contributed by atoms with Crippen molar-refractivity contribution in [3.8, 4) is 12.1 Å². The number of nitriles is 2. The van der Waals surface area contributed by atoms with Crippen molar-refractivity contribution >= 4 is 10.9 Å². The van der Waals surface area contributed by atoms with Crippen molar-refractivity contribution in [3.05, 3.63) is 59.1 Å². The SMILES string of the molecule is CC.CN/C=C(\C=C/Cc1c(C#N)c2ccc(C#N)cc2n1CC1CC1)N(O)N[C@@H](C)C1CC1. The number of hydrogen-bond donors (Lipinski definition) is 3. The number of nitrogens with one attached hydrogen (secondary N) is 2. The van der Waals surface area contributed by atoms with Gasteiger partial charge >= 0.3 is 0 Å². The van der Waals surface area contributed by atoms with Gasteiger partial charge in [-0.05, 0) is 62.7 Å². The molecule has 180 valence electrons. The van der Waals surface area contributed by atoms with Crippen molar-refractivity contribution in [2.24, 2.45) is 11.8 Å². The van der Waals surface area contributed by atoms with Crippen molar-refractivity contribution in [2.75, 3.05) is 7.05 Å². The van der Waals surface area contributed by atoms with Gasteiger partial charge in [-0.1, -0.05) is 26.0 Å². The molecule has 0 saturated heterocycles. The number of fused-ring (bicyclic) bond motifs is 1. The number of nitrogens with zero attached hydrogens (tertiary/aromatic N) is 4. The molecule has 1 heterocycles. The Morgan fingerprint density at radius 2 is 1.97 bits per heavy atom. The Bertz CT molecular complexity index is 1120. The highest BCUT2D eigenvalue weighted by Gasteiger charge is 2.29. The smallest absolute Gasteiger partial charge is 0.102 e. The lowest BCUT2D eigenvalue weighted by atomic mass is 10.1. The van der Waals surface area contributed by atoms with Crippen molar-refractivity contribution in [1.29, 1.82) is 10.5 Å². The van der Waals surface area contributed by atoms with E-state index in [1.807, 2.05) is 38.1 Å². The van der Waals surface area contributed by atoms with E-state index < -0.39 is 0 Å². The zero-order valence-electron chi connectivity index (χ0n) is 20.7. The van der Waals surface area contributed by atoms with Crippen LogP contribution in [0, 0.1) is 34.5 Å². The first-order chi connectivity index (χ1) is 16.5. The number of hydroxylamine groups is 1. The molecule has 2 saturated carbocycles.